The van der Waals surface area contributed by atoms with E-state index in [9.17, 15) is 9.59 Å². The van der Waals surface area contributed by atoms with E-state index in [1.165, 1.54) is 7.11 Å². The Hall–Kier alpha value is -2.04. The minimum absolute atomic E-state index is 0.237. The first-order valence-corrected chi connectivity index (χ1v) is 6.71. The fourth-order valence-electron chi connectivity index (χ4n) is 2.71. The molecule has 1 aromatic carbocycles. The molecule has 0 saturated heterocycles. The highest BCUT2D eigenvalue weighted by Crippen LogP contribution is 2.34. The summed E-state index contributed by atoms with van der Waals surface area (Å²) in [4.78, 5) is 23.4. The maximum Gasteiger partial charge on any atom is 0.307 e. The van der Waals surface area contributed by atoms with Crippen LogP contribution in [0.2, 0.25) is 0 Å². The predicted octanol–water partition coefficient (Wildman–Crippen LogP) is 2.44. The summed E-state index contributed by atoms with van der Waals surface area (Å²) < 4.78 is 5.21. The largest absolute Gasteiger partial charge is 0.495 e. The lowest BCUT2D eigenvalue weighted by atomic mass is 9.95. The van der Waals surface area contributed by atoms with Gasteiger partial charge in [-0.25, -0.2) is 0 Å². The van der Waals surface area contributed by atoms with Crippen molar-refractivity contribution in [2.45, 2.75) is 26.2 Å². The van der Waals surface area contributed by atoms with Gasteiger partial charge >= 0.3 is 5.97 Å². The third-order valence-corrected chi connectivity index (χ3v) is 3.78. The van der Waals surface area contributed by atoms with Crippen LogP contribution in [0.3, 0.4) is 0 Å². The Morgan fingerprint density at radius 2 is 2.00 bits per heavy atom. The molecule has 5 nitrogen and oxygen atoms in total. The molecule has 2 N–H and O–H groups in total. The number of rotatable bonds is 4. The third-order valence-electron chi connectivity index (χ3n) is 3.78. The highest BCUT2D eigenvalue weighted by molar-refractivity contribution is 5.96. The summed E-state index contributed by atoms with van der Waals surface area (Å²) in [5.74, 6) is -1.59. The average molecular weight is 277 g/mol. The first kappa shape index (κ1) is 14.4. The minimum Gasteiger partial charge on any atom is -0.495 e. The average Bonchev–Trinajstić information content (AvgIpc) is 2.88. The highest BCUT2D eigenvalue weighted by atomic mass is 16.5. The quantitative estimate of drug-likeness (QED) is 0.886. The zero-order valence-corrected chi connectivity index (χ0v) is 11.7. The molecule has 0 aliphatic heterocycles. The van der Waals surface area contributed by atoms with Gasteiger partial charge in [-0.3, -0.25) is 9.59 Å². The number of aliphatic carboxylic acids is 1. The van der Waals surface area contributed by atoms with Crippen molar-refractivity contribution in [3.05, 3.63) is 23.8 Å². The second-order valence-electron chi connectivity index (χ2n) is 5.18. The van der Waals surface area contributed by atoms with Crippen LogP contribution in [-0.4, -0.2) is 24.1 Å². The van der Waals surface area contributed by atoms with E-state index in [2.05, 4.69) is 5.32 Å². The predicted molar refractivity (Wildman–Crippen MR) is 74.8 cm³/mol. The molecule has 0 spiro atoms. The molecule has 1 aromatic rings. The standard InChI is InChI=1S/C15H19NO4/c1-9-6-7-13(20-2)12(8-9)16-14(17)10-4-3-5-11(10)15(18)19/h6-8,10-11H,3-5H2,1-2H3,(H,16,17)(H,18,19)/t10-,11+/m1/s1. The van der Waals surface area contributed by atoms with Crippen LogP contribution >= 0.6 is 0 Å². The van der Waals surface area contributed by atoms with Gasteiger partial charge in [-0.2, -0.15) is 0 Å². The summed E-state index contributed by atoms with van der Waals surface area (Å²) >= 11 is 0. The second-order valence-corrected chi connectivity index (χ2v) is 5.18. The van der Waals surface area contributed by atoms with Crippen molar-refractivity contribution in [3.8, 4) is 5.75 Å². The monoisotopic (exact) mass is 277 g/mol. The Bertz CT molecular complexity index is 527. The fraction of sp³-hybridized carbons (Fsp3) is 0.467. The van der Waals surface area contributed by atoms with Gasteiger partial charge in [-0.1, -0.05) is 12.5 Å². The smallest absolute Gasteiger partial charge is 0.307 e. The van der Waals surface area contributed by atoms with Crippen molar-refractivity contribution >= 4 is 17.6 Å². The van der Waals surface area contributed by atoms with E-state index >= 15 is 0 Å². The van der Waals surface area contributed by atoms with Gasteiger partial charge in [0.05, 0.1) is 24.6 Å². The van der Waals surface area contributed by atoms with E-state index < -0.39 is 17.8 Å². The van der Waals surface area contributed by atoms with Crippen LogP contribution < -0.4 is 10.1 Å². The van der Waals surface area contributed by atoms with Crippen molar-refractivity contribution in [3.63, 3.8) is 0 Å². The van der Waals surface area contributed by atoms with Crippen LogP contribution in [-0.2, 0) is 9.59 Å². The van der Waals surface area contributed by atoms with E-state index in [1.807, 2.05) is 19.1 Å². The summed E-state index contributed by atoms with van der Waals surface area (Å²) in [6.45, 7) is 1.92. The van der Waals surface area contributed by atoms with Gasteiger partial charge in [-0.15, -0.1) is 0 Å². The number of methoxy groups -OCH3 is 1. The fourth-order valence-corrected chi connectivity index (χ4v) is 2.71. The molecule has 0 unspecified atom stereocenters. The van der Waals surface area contributed by atoms with E-state index in [4.69, 9.17) is 9.84 Å². The Balaban J connectivity index is 2.15. The van der Waals surface area contributed by atoms with Gasteiger partial charge in [0.2, 0.25) is 5.91 Å². The molecular formula is C15H19NO4. The molecule has 1 aliphatic rings. The molecule has 2 rings (SSSR count). The molecule has 1 fully saturated rings. The maximum absolute atomic E-state index is 12.3. The van der Waals surface area contributed by atoms with E-state index in [1.54, 1.807) is 6.07 Å². The molecule has 0 bridgehead atoms. The highest BCUT2D eigenvalue weighted by Gasteiger charge is 2.37. The number of nitrogens with one attached hydrogen (secondary N) is 1. The molecule has 0 heterocycles. The number of amides is 1. The first-order chi connectivity index (χ1) is 9.52. The summed E-state index contributed by atoms with van der Waals surface area (Å²) in [6, 6.07) is 5.50. The van der Waals surface area contributed by atoms with Crippen molar-refractivity contribution in [2.24, 2.45) is 11.8 Å². The number of hydrogen-bond acceptors (Lipinski definition) is 3. The molecule has 0 radical (unpaired) electrons. The molecule has 1 saturated carbocycles. The number of benzene rings is 1. The van der Waals surface area contributed by atoms with Gasteiger partial charge in [-0.05, 0) is 37.5 Å². The van der Waals surface area contributed by atoms with Crippen LogP contribution in [0.1, 0.15) is 24.8 Å². The Labute approximate surface area is 117 Å². The number of hydrogen-bond donors (Lipinski definition) is 2. The van der Waals surface area contributed by atoms with Crippen LogP contribution in [0.5, 0.6) is 5.75 Å². The van der Waals surface area contributed by atoms with Gasteiger partial charge in [0.15, 0.2) is 0 Å². The topological polar surface area (TPSA) is 75.6 Å². The summed E-state index contributed by atoms with van der Waals surface area (Å²) in [5.41, 5.74) is 1.59. The Kier molecular flexibility index (Phi) is 4.27. The van der Waals surface area contributed by atoms with Gasteiger partial charge in [0, 0.05) is 0 Å². The normalized spacial score (nSPS) is 21.5. The molecule has 20 heavy (non-hydrogen) atoms. The lowest BCUT2D eigenvalue weighted by Gasteiger charge is -2.17. The van der Waals surface area contributed by atoms with Crippen molar-refractivity contribution in [2.75, 3.05) is 12.4 Å². The maximum atomic E-state index is 12.3. The number of carbonyl (C=O) groups excluding carboxylic acids is 1. The number of anilines is 1. The number of carboxylic acids is 1. The van der Waals surface area contributed by atoms with E-state index in [-0.39, 0.29) is 5.91 Å². The van der Waals surface area contributed by atoms with Crippen LogP contribution in [0.4, 0.5) is 5.69 Å². The van der Waals surface area contributed by atoms with Crippen molar-refractivity contribution < 1.29 is 19.4 Å². The summed E-state index contributed by atoms with van der Waals surface area (Å²) in [6.07, 6.45) is 1.97. The van der Waals surface area contributed by atoms with Crippen LogP contribution in [0.15, 0.2) is 18.2 Å². The molecule has 108 valence electrons. The number of carbonyl (C=O) groups is 2. The van der Waals surface area contributed by atoms with Crippen molar-refractivity contribution in [1.29, 1.82) is 0 Å². The van der Waals surface area contributed by atoms with Gasteiger partial charge in [0.25, 0.3) is 0 Å². The molecule has 1 amide bonds. The van der Waals surface area contributed by atoms with Gasteiger partial charge in [0.1, 0.15) is 5.75 Å². The van der Waals surface area contributed by atoms with E-state index in [0.717, 1.165) is 12.0 Å². The minimum atomic E-state index is -0.890. The molecule has 2 atom stereocenters. The van der Waals surface area contributed by atoms with E-state index in [0.29, 0.717) is 24.3 Å². The Morgan fingerprint density at radius 1 is 1.30 bits per heavy atom. The third kappa shape index (κ3) is 2.92. The van der Waals surface area contributed by atoms with Crippen LogP contribution in [0, 0.1) is 18.8 Å². The SMILES string of the molecule is COc1ccc(C)cc1NC(=O)[C@@H]1CCC[C@@H]1C(=O)O. The molecule has 5 heteroatoms. The number of ether oxygens (including phenoxy) is 1. The zero-order valence-electron chi connectivity index (χ0n) is 11.7. The summed E-state index contributed by atoms with van der Waals surface area (Å²) in [5, 5.41) is 11.9. The lowest BCUT2D eigenvalue weighted by molar-refractivity contribution is -0.145. The summed E-state index contributed by atoms with van der Waals surface area (Å²) in [7, 11) is 1.54. The Morgan fingerprint density at radius 3 is 2.65 bits per heavy atom. The second kappa shape index (κ2) is 5.94. The lowest BCUT2D eigenvalue weighted by Crippen LogP contribution is -2.30. The molecule has 0 aromatic heterocycles. The van der Waals surface area contributed by atoms with Gasteiger partial charge < -0.3 is 15.2 Å². The molecule has 1 aliphatic carbocycles. The van der Waals surface area contributed by atoms with Crippen LogP contribution in [0.25, 0.3) is 0 Å². The zero-order chi connectivity index (χ0) is 14.7. The molecular weight excluding hydrogens is 258 g/mol. The number of carboxylic acid groups (broad SMARTS) is 1. The number of aryl methyl sites for hydroxylation is 1. The first-order valence-electron chi connectivity index (χ1n) is 6.71. The van der Waals surface area contributed by atoms with Crippen molar-refractivity contribution in [1.82, 2.24) is 0 Å².